The number of nitrogens with zero attached hydrogens (tertiary/aromatic N) is 1. The number of nitrogen functional groups attached to an aromatic ring is 1. The van der Waals surface area contributed by atoms with E-state index in [1.165, 1.54) is 0 Å². The molecule has 1 aliphatic rings. The predicted molar refractivity (Wildman–Crippen MR) is 80.6 cm³/mol. The van der Waals surface area contributed by atoms with Gasteiger partial charge in [-0.25, -0.2) is 0 Å². The number of rotatable bonds is 4. The molecule has 3 N–H and O–H groups in total. The van der Waals surface area contributed by atoms with Gasteiger partial charge in [-0.05, 0) is 38.4 Å². The summed E-state index contributed by atoms with van der Waals surface area (Å²) in [6, 6.07) is 7.12. The van der Waals surface area contributed by atoms with Gasteiger partial charge in [-0.2, -0.15) is 0 Å². The number of para-hydroxylation sites is 2. The lowest BCUT2D eigenvalue weighted by molar-refractivity contribution is -0.122. The molecule has 2 atom stereocenters. The summed E-state index contributed by atoms with van der Waals surface area (Å²) in [5.41, 5.74) is 7.10. The van der Waals surface area contributed by atoms with Crippen LogP contribution in [0.3, 0.4) is 0 Å². The van der Waals surface area contributed by atoms with Crippen LogP contribution in [0.5, 0.6) is 0 Å². The van der Waals surface area contributed by atoms with E-state index < -0.39 is 0 Å². The van der Waals surface area contributed by atoms with Crippen molar-refractivity contribution in [3.63, 3.8) is 0 Å². The van der Waals surface area contributed by atoms with Crippen molar-refractivity contribution in [2.24, 2.45) is 0 Å². The number of likely N-dealkylation sites (tertiary alicyclic amines) is 1. The first-order valence-electron chi connectivity index (χ1n) is 7.04. The third-order valence-electron chi connectivity index (χ3n) is 3.89. The maximum Gasteiger partial charge on any atom is 0.241 e. The second kappa shape index (κ2) is 6.72. The highest BCUT2D eigenvalue weighted by Gasteiger charge is 2.27. The SMILES string of the molecule is COC1CCCN(C(C)C(=O)Nc2ccccc2N)C1. The Labute approximate surface area is 120 Å². The van der Waals surface area contributed by atoms with Gasteiger partial charge in [-0.3, -0.25) is 9.69 Å². The lowest BCUT2D eigenvalue weighted by atomic mass is 10.1. The van der Waals surface area contributed by atoms with E-state index in [2.05, 4.69) is 10.2 Å². The maximum atomic E-state index is 12.3. The van der Waals surface area contributed by atoms with Crippen molar-refractivity contribution in [1.82, 2.24) is 4.90 Å². The highest BCUT2D eigenvalue weighted by molar-refractivity contribution is 5.97. The van der Waals surface area contributed by atoms with Gasteiger partial charge in [0.2, 0.25) is 5.91 Å². The Morgan fingerprint density at radius 2 is 2.25 bits per heavy atom. The van der Waals surface area contributed by atoms with Crippen molar-refractivity contribution < 1.29 is 9.53 Å². The molecule has 1 fully saturated rings. The molecule has 0 aromatic heterocycles. The molecule has 1 aromatic carbocycles. The maximum absolute atomic E-state index is 12.3. The fourth-order valence-corrected chi connectivity index (χ4v) is 2.52. The molecule has 0 radical (unpaired) electrons. The van der Waals surface area contributed by atoms with Crippen molar-refractivity contribution in [1.29, 1.82) is 0 Å². The van der Waals surface area contributed by atoms with Crippen LogP contribution in [0.4, 0.5) is 11.4 Å². The van der Waals surface area contributed by atoms with E-state index in [1.54, 1.807) is 13.2 Å². The first-order valence-corrected chi connectivity index (χ1v) is 7.04. The number of hydrogen-bond acceptors (Lipinski definition) is 4. The Morgan fingerprint density at radius 1 is 1.50 bits per heavy atom. The van der Waals surface area contributed by atoms with Gasteiger partial charge in [0.15, 0.2) is 0 Å². The lowest BCUT2D eigenvalue weighted by Crippen LogP contribution is -2.48. The zero-order chi connectivity index (χ0) is 14.5. The highest BCUT2D eigenvalue weighted by atomic mass is 16.5. The van der Waals surface area contributed by atoms with Crippen molar-refractivity contribution in [2.75, 3.05) is 31.2 Å². The number of methoxy groups -OCH3 is 1. The van der Waals surface area contributed by atoms with Crippen molar-refractivity contribution in [3.05, 3.63) is 24.3 Å². The van der Waals surface area contributed by atoms with Gasteiger partial charge in [0.05, 0.1) is 23.5 Å². The molecular weight excluding hydrogens is 254 g/mol. The molecule has 5 heteroatoms. The molecule has 2 unspecified atom stereocenters. The Hall–Kier alpha value is -1.59. The predicted octanol–water partition coefficient (Wildman–Crippen LogP) is 1.71. The number of amides is 1. The Balaban J connectivity index is 1.96. The molecule has 0 aliphatic carbocycles. The minimum Gasteiger partial charge on any atom is -0.397 e. The second-order valence-electron chi connectivity index (χ2n) is 5.25. The Morgan fingerprint density at radius 3 is 2.95 bits per heavy atom. The molecule has 1 saturated heterocycles. The van der Waals surface area contributed by atoms with Crippen LogP contribution in [0, 0.1) is 0 Å². The summed E-state index contributed by atoms with van der Waals surface area (Å²) in [6.45, 7) is 3.65. The van der Waals surface area contributed by atoms with Crippen LogP contribution in [-0.4, -0.2) is 43.2 Å². The zero-order valence-electron chi connectivity index (χ0n) is 12.1. The second-order valence-corrected chi connectivity index (χ2v) is 5.25. The molecule has 0 saturated carbocycles. The average molecular weight is 277 g/mol. The minimum atomic E-state index is -0.187. The van der Waals surface area contributed by atoms with Crippen LogP contribution in [0.25, 0.3) is 0 Å². The third-order valence-corrected chi connectivity index (χ3v) is 3.89. The third kappa shape index (κ3) is 3.49. The molecule has 1 heterocycles. The smallest absolute Gasteiger partial charge is 0.241 e. The molecule has 0 spiro atoms. The number of ether oxygens (including phenoxy) is 1. The summed E-state index contributed by atoms with van der Waals surface area (Å²) in [5, 5.41) is 2.89. The number of carbonyl (C=O) groups excluding carboxylic acids is 1. The number of nitrogens with two attached hydrogens (primary N) is 1. The van der Waals surface area contributed by atoms with E-state index >= 15 is 0 Å². The summed E-state index contributed by atoms with van der Waals surface area (Å²) in [4.78, 5) is 14.5. The summed E-state index contributed by atoms with van der Waals surface area (Å²) in [7, 11) is 1.73. The van der Waals surface area contributed by atoms with Crippen LogP contribution in [-0.2, 0) is 9.53 Å². The van der Waals surface area contributed by atoms with Gasteiger partial charge in [-0.1, -0.05) is 12.1 Å². The van der Waals surface area contributed by atoms with Crippen molar-refractivity contribution >= 4 is 17.3 Å². The van der Waals surface area contributed by atoms with Gasteiger partial charge in [0.1, 0.15) is 0 Å². The van der Waals surface area contributed by atoms with Crippen LogP contribution in [0.1, 0.15) is 19.8 Å². The fourth-order valence-electron chi connectivity index (χ4n) is 2.52. The van der Waals surface area contributed by atoms with E-state index in [0.29, 0.717) is 11.4 Å². The minimum absolute atomic E-state index is 0.0281. The van der Waals surface area contributed by atoms with Crippen molar-refractivity contribution in [3.8, 4) is 0 Å². The quantitative estimate of drug-likeness (QED) is 0.822. The van der Waals surface area contributed by atoms with Crippen LogP contribution in [0.2, 0.25) is 0 Å². The normalized spacial score (nSPS) is 21.4. The molecule has 1 amide bonds. The number of carbonyl (C=O) groups is 1. The Kier molecular flexibility index (Phi) is 4.98. The highest BCUT2D eigenvalue weighted by Crippen LogP contribution is 2.19. The van der Waals surface area contributed by atoms with Gasteiger partial charge in [-0.15, -0.1) is 0 Å². The van der Waals surface area contributed by atoms with E-state index in [0.717, 1.165) is 25.9 Å². The topological polar surface area (TPSA) is 67.6 Å². The number of benzene rings is 1. The summed E-state index contributed by atoms with van der Waals surface area (Å²) < 4.78 is 5.40. The Bertz CT molecular complexity index is 464. The molecule has 20 heavy (non-hydrogen) atoms. The average Bonchev–Trinajstić information content (AvgIpc) is 2.48. The molecule has 5 nitrogen and oxygen atoms in total. The first kappa shape index (κ1) is 14.8. The van der Waals surface area contributed by atoms with Gasteiger partial charge in [0.25, 0.3) is 0 Å². The van der Waals surface area contributed by atoms with Gasteiger partial charge < -0.3 is 15.8 Å². The molecule has 1 aromatic rings. The number of hydrogen-bond donors (Lipinski definition) is 2. The number of piperidine rings is 1. The number of anilines is 2. The molecular formula is C15H23N3O2. The van der Waals surface area contributed by atoms with E-state index in [9.17, 15) is 4.79 Å². The van der Waals surface area contributed by atoms with Crippen LogP contribution in [0.15, 0.2) is 24.3 Å². The van der Waals surface area contributed by atoms with Crippen LogP contribution < -0.4 is 11.1 Å². The molecule has 1 aliphatic heterocycles. The standard InChI is InChI=1S/C15H23N3O2/c1-11(18-9-5-6-12(10-18)20-2)15(19)17-14-8-4-3-7-13(14)16/h3-4,7-8,11-12H,5-6,9-10,16H2,1-2H3,(H,17,19). The zero-order valence-corrected chi connectivity index (χ0v) is 12.1. The summed E-state index contributed by atoms with van der Waals surface area (Å²) >= 11 is 0. The van der Waals surface area contributed by atoms with Crippen LogP contribution >= 0.6 is 0 Å². The summed E-state index contributed by atoms with van der Waals surface area (Å²) in [6.07, 6.45) is 2.34. The van der Waals surface area contributed by atoms with E-state index in [1.807, 2.05) is 25.1 Å². The molecule has 0 bridgehead atoms. The lowest BCUT2D eigenvalue weighted by Gasteiger charge is -2.35. The first-order chi connectivity index (χ1) is 9.61. The summed E-state index contributed by atoms with van der Waals surface area (Å²) in [5.74, 6) is -0.0281. The van der Waals surface area contributed by atoms with E-state index in [-0.39, 0.29) is 18.1 Å². The van der Waals surface area contributed by atoms with Gasteiger partial charge >= 0.3 is 0 Å². The molecule has 2 rings (SSSR count). The largest absolute Gasteiger partial charge is 0.397 e. The fraction of sp³-hybridized carbons (Fsp3) is 0.533. The number of nitrogens with one attached hydrogen (secondary N) is 1. The van der Waals surface area contributed by atoms with E-state index in [4.69, 9.17) is 10.5 Å². The molecule has 110 valence electrons. The van der Waals surface area contributed by atoms with Crippen molar-refractivity contribution in [2.45, 2.75) is 31.9 Å². The van der Waals surface area contributed by atoms with Gasteiger partial charge in [0, 0.05) is 13.7 Å². The monoisotopic (exact) mass is 277 g/mol.